The molecule has 1 aliphatic heterocycles. The summed E-state index contributed by atoms with van der Waals surface area (Å²) < 4.78 is 9.99. The summed E-state index contributed by atoms with van der Waals surface area (Å²) in [5.74, 6) is 0. The Labute approximate surface area is 146 Å². The Balaban J connectivity index is 2.13. The first kappa shape index (κ1) is 17.0. The highest BCUT2D eigenvalue weighted by Gasteiger charge is 2.29. The van der Waals surface area contributed by atoms with Crippen LogP contribution in [-0.4, -0.2) is 49.4 Å². The van der Waals surface area contributed by atoms with E-state index >= 15 is 0 Å². The average molecular weight is 343 g/mol. The molecule has 0 aliphatic carbocycles. The quantitative estimate of drug-likeness (QED) is 0.838. The maximum atomic E-state index is 12.1. The van der Waals surface area contributed by atoms with Crippen molar-refractivity contribution in [3.8, 4) is 0 Å². The zero-order valence-corrected chi connectivity index (χ0v) is 14.6. The number of nitrogens with zero attached hydrogens (tertiary/aromatic N) is 3. The first-order chi connectivity index (χ1) is 12.1. The Kier molecular flexibility index (Phi) is 4.74. The van der Waals surface area contributed by atoms with E-state index in [9.17, 15) is 9.59 Å². The van der Waals surface area contributed by atoms with Crippen LogP contribution in [0.1, 0.15) is 18.2 Å². The van der Waals surface area contributed by atoms with Crippen molar-refractivity contribution >= 4 is 28.8 Å². The van der Waals surface area contributed by atoms with Gasteiger partial charge < -0.3 is 14.4 Å². The number of hydrogen-bond acceptors (Lipinski definition) is 5. The van der Waals surface area contributed by atoms with Crippen LogP contribution in [-0.2, 0) is 22.4 Å². The fourth-order valence-electron chi connectivity index (χ4n) is 3.15. The number of rotatable bonds is 2. The molecule has 3 rings (SSSR count). The smallest absolute Gasteiger partial charge is 0.413 e. The molecule has 7 nitrogen and oxygen atoms in total. The van der Waals surface area contributed by atoms with Gasteiger partial charge in [-0.3, -0.25) is 9.88 Å². The number of amides is 2. The van der Waals surface area contributed by atoms with E-state index in [1.54, 1.807) is 18.9 Å². The van der Waals surface area contributed by atoms with Gasteiger partial charge in [0, 0.05) is 36.7 Å². The normalized spacial score (nSPS) is 13.3. The molecule has 1 aromatic carbocycles. The Morgan fingerprint density at radius 1 is 1.32 bits per heavy atom. The molecule has 2 heterocycles. The summed E-state index contributed by atoms with van der Waals surface area (Å²) in [5.41, 5.74) is 3.29. The van der Waals surface area contributed by atoms with Crippen LogP contribution in [0.5, 0.6) is 0 Å². The minimum atomic E-state index is -0.466. The van der Waals surface area contributed by atoms with Gasteiger partial charge in [0.25, 0.3) is 0 Å². The first-order valence-corrected chi connectivity index (χ1v) is 8.20. The zero-order chi connectivity index (χ0) is 18.0. The van der Waals surface area contributed by atoms with Gasteiger partial charge in [-0.2, -0.15) is 0 Å². The second-order valence-corrected chi connectivity index (χ2v) is 5.80. The molecule has 2 aromatic rings. The summed E-state index contributed by atoms with van der Waals surface area (Å²) >= 11 is 0. The fourth-order valence-corrected chi connectivity index (χ4v) is 3.15. The number of benzene rings is 1. The van der Waals surface area contributed by atoms with Gasteiger partial charge in [0.05, 0.1) is 31.5 Å². The SMILES string of the molecule is CCOC(=O)N1CCc2nc3ccccc3c(N(C)C(=O)OC)c2C1. The molecule has 0 radical (unpaired) electrons. The Hall–Kier alpha value is -2.83. The molecule has 0 atom stereocenters. The van der Waals surface area contributed by atoms with Crippen LogP contribution < -0.4 is 4.90 Å². The molecule has 0 fully saturated rings. The molecule has 0 saturated carbocycles. The zero-order valence-electron chi connectivity index (χ0n) is 14.6. The fraction of sp³-hybridized carbons (Fsp3) is 0.389. The third-order valence-electron chi connectivity index (χ3n) is 4.33. The Bertz CT molecular complexity index is 821. The lowest BCUT2D eigenvalue weighted by molar-refractivity contribution is 0.102. The third-order valence-corrected chi connectivity index (χ3v) is 4.33. The molecule has 2 amide bonds. The number of para-hydroxylation sites is 1. The Morgan fingerprint density at radius 3 is 2.80 bits per heavy atom. The summed E-state index contributed by atoms with van der Waals surface area (Å²) in [4.78, 5) is 32.1. The molecule has 132 valence electrons. The van der Waals surface area contributed by atoms with E-state index in [2.05, 4.69) is 0 Å². The van der Waals surface area contributed by atoms with Gasteiger partial charge in [-0.15, -0.1) is 0 Å². The van der Waals surface area contributed by atoms with E-state index < -0.39 is 6.09 Å². The van der Waals surface area contributed by atoms with E-state index in [1.807, 2.05) is 24.3 Å². The molecule has 0 N–H and O–H groups in total. The highest BCUT2D eigenvalue weighted by atomic mass is 16.6. The number of hydrogen-bond donors (Lipinski definition) is 0. The maximum absolute atomic E-state index is 12.1. The molecule has 1 aromatic heterocycles. The summed E-state index contributed by atoms with van der Waals surface area (Å²) in [6.07, 6.45) is -0.208. The number of carbonyl (C=O) groups is 2. The summed E-state index contributed by atoms with van der Waals surface area (Å²) in [7, 11) is 3.01. The van der Waals surface area contributed by atoms with Crippen molar-refractivity contribution in [1.29, 1.82) is 0 Å². The van der Waals surface area contributed by atoms with Crippen molar-refractivity contribution in [2.75, 3.05) is 32.2 Å². The molecule has 25 heavy (non-hydrogen) atoms. The largest absolute Gasteiger partial charge is 0.452 e. The van der Waals surface area contributed by atoms with Crippen LogP contribution >= 0.6 is 0 Å². The third kappa shape index (κ3) is 3.09. The molecule has 0 unspecified atom stereocenters. The molecule has 1 aliphatic rings. The van der Waals surface area contributed by atoms with Gasteiger partial charge in [-0.05, 0) is 13.0 Å². The van der Waals surface area contributed by atoms with Crippen LogP contribution in [0.3, 0.4) is 0 Å². The molecule has 0 spiro atoms. The van der Waals surface area contributed by atoms with E-state index in [-0.39, 0.29) is 6.09 Å². The van der Waals surface area contributed by atoms with Crippen LogP contribution in [0.15, 0.2) is 24.3 Å². The van der Waals surface area contributed by atoms with Gasteiger partial charge in [0.2, 0.25) is 0 Å². The standard InChI is InChI=1S/C18H21N3O4/c1-4-25-18(23)21-10-9-15-13(11-21)16(20(2)17(22)24-3)12-7-5-6-8-14(12)19-15/h5-8H,4,9-11H2,1-3H3. The minimum Gasteiger partial charge on any atom is -0.452 e. The molecule has 0 bridgehead atoms. The number of fused-ring (bicyclic) bond motifs is 2. The van der Waals surface area contributed by atoms with Crippen LogP contribution in [0.4, 0.5) is 15.3 Å². The van der Waals surface area contributed by atoms with Gasteiger partial charge in [-0.1, -0.05) is 18.2 Å². The predicted molar refractivity (Wildman–Crippen MR) is 93.7 cm³/mol. The second-order valence-electron chi connectivity index (χ2n) is 5.80. The van der Waals surface area contributed by atoms with Crippen LogP contribution in [0, 0.1) is 0 Å². The lowest BCUT2D eigenvalue weighted by Gasteiger charge is -2.31. The summed E-state index contributed by atoms with van der Waals surface area (Å²) in [6.45, 7) is 3.00. The van der Waals surface area contributed by atoms with Gasteiger partial charge in [0.1, 0.15) is 0 Å². The number of carbonyl (C=O) groups excluding carboxylic acids is 2. The minimum absolute atomic E-state index is 0.326. The number of methoxy groups -OCH3 is 1. The van der Waals surface area contributed by atoms with Crippen molar-refractivity contribution in [3.05, 3.63) is 35.5 Å². The highest BCUT2D eigenvalue weighted by Crippen LogP contribution is 2.35. The van der Waals surface area contributed by atoms with Gasteiger partial charge in [0.15, 0.2) is 0 Å². The number of ether oxygens (including phenoxy) is 2. The van der Waals surface area contributed by atoms with Crippen LogP contribution in [0.25, 0.3) is 10.9 Å². The van der Waals surface area contributed by atoms with Crippen molar-refractivity contribution < 1.29 is 19.1 Å². The van der Waals surface area contributed by atoms with Crippen molar-refractivity contribution in [2.24, 2.45) is 0 Å². The van der Waals surface area contributed by atoms with Gasteiger partial charge >= 0.3 is 12.2 Å². The summed E-state index contributed by atoms with van der Waals surface area (Å²) in [6, 6.07) is 7.65. The summed E-state index contributed by atoms with van der Waals surface area (Å²) in [5, 5.41) is 0.847. The average Bonchev–Trinajstić information content (AvgIpc) is 2.64. The second kappa shape index (κ2) is 6.96. The molecular formula is C18H21N3O4. The lowest BCUT2D eigenvalue weighted by Crippen LogP contribution is -2.38. The monoisotopic (exact) mass is 343 g/mol. The van der Waals surface area contributed by atoms with Crippen molar-refractivity contribution in [1.82, 2.24) is 9.88 Å². The topological polar surface area (TPSA) is 72.0 Å². The van der Waals surface area contributed by atoms with E-state index in [0.717, 1.165) is 27.8 Å². The van der Waals surface area contributed by atoms with E-state index in [1.165, 1.54) is 12.0 Å². The number of pyridine rings is 1. The molecule has 0 saturated heterocycles. The highest BCUT2D eigenvalue weighted by molar-refractivity contribution is 6.01. The number of anilines is 1. The van der Waals surface area contributed by atoms with E-state index in [4.69, 9.17) is 14.5 Å². The Morgan fingerprint density at radius 2 is 2.08 bits per heavy atom. The van der Waals surface area contributed by atoms with Crippen molar-refractivity contribution in [2.45, 2.75) is 19.9 Å². The van der Waals surface area contributed by atoms with Crippen molar-refractivity contribution in [3.63, 3.8) is 0 Å². The molecule has 7 heteroatoms. The van der Waals surface area contributed by atoms with Gasteiger partial charge in [-0.25, -0.2) is 9.59 Å². The van der Waals surface area contributed by atoms with E-state index in [0.29, 0.717) is 26.1 Å². The number of aromatic nitrogens is 1. The maximum Gasteiger partial charge on any atom is 0.413 e. The predicted octanol–water partition coefficient (Wildman–Crippen LogP) is 2.95. The lowest BCUT2D eigenvalue weighted by atomic mass is 9.99. The first-order valence-electron chi connectivity index (χ1n) is 8.20. The molecular weight excluding hydrogens is 322 g/mol. The van der Waals surface area contributed by atoms with Crippen LogP contribution in [0.2, 0.25) is 0 Å².